The van der Waals surface area contributed by atoms with Crippen LogP contribution in [0.4, 0.5) is 0 Å². The van der Waals surface area contributed by atoms with Crippen molar-refractivity contribution in [3.05, 3.63) is 112 Å². The van der Waals surface area contributed by atoms with Crippen molar-refractivity contribution < 1.29 is 20.4 Å². The van der Waals surface area contributed by atoms with Crippen LogP contribution >= 0.6 is 0 Å². The molecule has 174 valence electrons. The van der Waals surface area contributed by atoms with Crippen LogP contribution in [0.15, 0.2) is 79.8 Å². The minimum Gasteiger partial charge on any atom is -0.507 e. The van der Waals surface area contributed by atoms with Crippen molar-refractivity contribution in [2.75, 3.05) is 0 Å². The molecule has 4 aromatic carbocycles. The lowest BCUT2D eigenvalue weighted by molar-refractivity contribution is 0.406. The van der Waals surface area contributed by atoms with Gasteiger partial charge in [-0.05, 0) is 12.1 Å². The number of hydrogen-bond acceptors (Lipinski definition) is 8. The fraction of sp³-hybridized carbons (Fsp3) is 0. The van der Waals surface area contributed by atoms with Crippen molar-refractivity contribution in [3.63, 3.8) is 0 Å². The Labute approximate surface area is 199 Å². The van der Waals surface area contributed by atoms with E-state index in [1.165, 1.54) is 30.3 Å². The van der Waals surface area contributed by atoms with Gasteiger partial charge in [-0.3, -0.25) is 19.2 Å². The molecule has 0 saturated heterocycles. The molecule has 8 nitrogen and oxygen atoms in total. The van der Waals surface area contributed by atoms with Gasteiger partial charge >= 0.3 is 0 Å². The van der Waals surface area contributed by atoms with Gasteiger partial charge in [0.25, 0.3) is 0 Å². The first kappa shape index (κ1) is 21.3. The summed E-state index contributed by atoms with van der Waals surface area (Å²) in [5.74, 6) is -2.44. The van der Waals surface area contributed by atoms with Gasteiger partial charge in [0.2, 0.25) is 10.9 Å². The fourth-order valence-corrected chi connectivity index (χ4v) is 4.87. The topological polar surface area (TPSA) is 149 Å². The Kier molecular flexibility index (Phi) is 4.22. The summed E-state index contributed by atoms with van der Waals surface area (Å²) in [4.78, 5) is 52.2. The second-order valence-electron chi connectivity index (χ2n) is 8.50. The predicted octanol–water partition coefficient (Wildman–Crippen LogP) is 2.68. The van der Waals surface area contributed by atoms with Crippen LogP contribution in [0, 0.1) is 10.4 Å². The van der Waals surface area contributed by atoms with Gasteiger partial charge in [-0.2, -0.15) is 0 Å². The Morgan fingerprint density at radius 1 is 0.444 bits per heavy atom. The smallest absolute Gasteiger partial charge is 0.238 e. The van der Waals surface area contributed by atoms with Gasteiger partial charge in [0.05, 0.1) is 10.6 Å². The summed E-state index contributed by atoms with van der Waals surface area (Å²) in [6.45, 7) is 0. The van der Waals surface area contributed by atoms with Crippen LogP contribution in [0.25, 0.3) is 43.4 Å². The second kappa shape index (κ2) is 7.13. The molecule has 0 spiro atoms. The molecule has 4 N–H and O–H groups in total. The fourth-order valence-electron chi connectivity index (χ4n) is 4.87. The van der Waals surface area contributed by atoms with E-state index in [1.54, 1.807) is 18.2 Å². The van der Waals surface area contributed by atoms with E-state index in [0.717, 1.165) is 12.1 Å². The molecule has 0 heterocycles. The Morgan fingerprint density at radius 2 is 1.00 bits per heavy atom. The number of phenols is 4. The van der Waals surface area contributed by atoms with Crippen LogP contribution < -0.4 is 21.7 Å². The highest BCUT2D eigenvalue weighted by molar-refractivity contribution is 6.14. The highest BCUT2D eigenvalue weighted by atomic mass is 16.3. The molecule has 0 fully saturated rings. The average molecular weight is 478 g/mol. The minimum atomic E-state index is -1.22. The largest absolute Gasteiger partial charge is 0.507 e. The van der Waals surface area contributed by atoms with Gasteiger partial charge in [0.1, 0.15) is 11.5 Å². The Balaban J connectivity index is 1.82. The van der Waals surface area contributed by atoms with Crippen LogP contribution in [-0.2, 0) is 0 Å². The quantitative estimate of drug-likeness (QED) is 0.122. The number of rotatable bonds is 1. The van der Waals surface area contributed by atoms with Crippen LogP contribution in [0.1, 0.15) is 0 Å². The number of hydrogen-bond donors (Lipinski definition) is 4. The Morgan fingerprint density at radius 3 is 1.64 bits per heavy atom. The number of benzene rings is 4. The van der Waals surface area contributed by atoms with Crippen molar-refractivity contribution in [3.8, 4) is 34.1 Å². The molecule has 0 unspecified atom stereocenters. The lowest BCUT2D eigenvalue weighted by Gasteiger charge is -2.14. The SMILES string of the molecule is O=c1c(-c2cc3c(O)c4ccccc4c(O)c3c(O)c2O)cc2c(=O)c3ccccc3c(=O)c=2c1=O. The normalized spacial score (nSPS) is 11.7. The van der Waals surface area contributed by atoms with Crippen LogP contribution in [-0.4, -0.2) is 20.4 Å². The summed E-state index contributed by atoms with van der Waals surface area (Å²) in [6.07, 6.45) is 0. The summed E-state index contributed by atoms with van der Waals surface area (Å²) in [7, 11) is 0. The molecule has 0 bridgehead atoms. The molecule has 0 radical (unpaired) electrons. The first-order valence-corrected chi connectivity index (χ1v) is 10.8. The molecule has 0 aromatic heterocycles. The van der Waals surface area contributed by atoms with E-state index in [0.29, 0.717) is 0 Å². The molecule has 4 aromatic rings. The van der Waals surface area contributed by atoms with E-state index in [2.05, 4.69) is 0 Å². The first-order valence-electron chi connectivity index (χ1n) is 10.8. The van der Waals surface area contributed by atoms with E-state index in [4.69, 9.17) is 0 Å². The summed E-state index contributed by atoms with van der Waals surface area (Å²) in [6, 6.07) is 14.4. The molecule has 8 heteroatoms. The van der Waals surface area contributed by atoms with E-state index in [9.17, 15) is 39.6 Å². The van der Waals surface area contributed by atoms with Gasteiger partial charge < -0.3 is 20.4 Å². The third-order valence-corrected chi connectivity index (χ3v) is 6.62. The molecule has 6 rings (SSSR count). The molecule has 36 heavy (non-hydrogen) atoms. The third-order valence-electron chi connectivity index (χ3n) is 6.62. The van der Waals surface area contributed by atoms with Crippen molar-refractivity contribution in [2.45, 2.75) is 0 Å². The van der Waals surface area contributed by atoms with Gasteiger partial charge in [0.15, 0.2) is 22.4 Å². The molecule has 2 aliphatic carbocycles. The zero-order valence-electron chi connectivity index (χ0n) is 18.2. The van der Waals surface area contributed by atoms with Gasteiger partial charge in [0, 0.05) is 43.3 Å². The Bertz CT molecular complexity index is 2230. The van der Waals surface area contributed by atoms with Gasteiger partial charge in [-0.1, -0.05) is 48.5 Å². The summed E-state index contributed by atoms with van der Waals surface area (Å²) in [5.41, 5.74) is -4.59. The van der Waals surface area contributed by atoms with Gasteiger partial charge in [-0.25, -0.2) is 0 Å². The van der Waals surface area contributed by atoms with E-state index < -0.39 is 49.7 Å². The molecule has 0 atom stereocenters. The highest BCUT2D eigenvalue weighted by Crippen LogP contribution is 2.50. The van der Waals surface area contributed by atoms with E-state index >= 15 is 0 Å². The van der Waals surface area contributed by atoms with E-state index in [-0.39, 0.29) is 48.8 Å². The zero-order chi connectivity index (χ0) is 25.5. The number of phenolic OH excluding ortho intramolecular Hbond substituents is 4. The molecule has 0 saturated carbocycles. The van der Waals surface area contributed by atoms with Crippen molar-refractivity contribution >= 4 is 32.3 Å². The zero-order valence-corrected chi connectivity index (χ0v) is 18.2. The van der Waals surface area contributed by atoms with Crippen molar-refractivity contribution in [1.29, 1.82) is 0 Å². The maximum Gasteiger partial charge on any atom is 0.238 e. The van der Waals surface area contributed by atoms with Crippen LogP contribution in [0.2, 0.25) is 0 Å². The maximum atomic E-state index is 13.1. The Hall–Kier alpha value is -5.24. The van der Waals surface area contributed by atoms with Gasteiger partial charge in [-0.15, -0.1) is 0 Å². The summed E-state index contributed by atoms with van der Waals surface area (Å²) >= 11 is 0. The van der Waals surface area contributed by atoms with Crippen LogP contribution in [0.5, 0.6) is 23.0 Å². The number of fused-ring (bicyclic) bond motifs is 3. The number of aromatic hydroxyl groups is 4. The predicted molar refractivity (Wildman–Crippen MR) is 134 cm³/mol. The van der Waals surface area contributed by atoms with E-state index in [1.807, 2.05) is 0 Å². The average Bonchev–Trinajstić information content (AvgIpc) is 2.89. The minimum absolute atomic E-state index is 0.0118. The standard InChI is InChI=1S/C28H14O8/c29-21-11-5-1-3-7-13(11)23(31)19-17(21)9-15(25(33)27(19)35)16-10-18-20(28(36)26(16)34)24(32)14-8-4-2-6-12(14)22(18)30/h1-10,29,31,33,35H. The second-order valence-corrected chi connectivity index (χ2v) is 8.50. The molecular weight excluding hydrogens is 464 g/mol. The summed E-state index contributed by atoms with van der Waals surface area (Å²) < 4.78 is 0. The first-order chi connectivity index (χ1) is 17.2. The molecule has 2 aliphatic rings. The van der Waals surface area contributed by atoms with Crippen LogP contribution in [0.3, 0.4) is 0 Å². The monoisotopic (exact) mass is 478 g/mol. The summed E-state index contributed by atoms with van der Waals surface area (Å²) in [5, 5.41) is 42.5. The molecule has 0 aliphatic heterocycles. The highest BCUT2D eigenvalue weighted by Gasteiger charge is 2.24. The van der Waals surface area contributed by atoms with Crippen molar-refractivity contribution in [2.24, 2.45) is 0 Å². The third kappa shape index (κ3) is 2.58. The van der Waals surface area contributed by atoms with Crippen molar-refractivity contribution in [1.82, 2.24) is 0 Å². The maximum absolute atomic E-state index is 13.1. The molecular formula is C28H14O8. The lowest BCUT2D eigenvalue weighted by Crippen LogP contribution is -2.33. The lowest BCUT2D eigenvalue weighted by atomic mass is 9.93. The molecule has 0 amide bonds.